The maximum atomic E-state index is 8.67. The van der Waals surface area contributed by atoms with Gasteiger partial charge in [-0.1, -0.05) is 56.5 Å². The predicted octanol–water partition coefficient (Wildman–Crippen LogP) is 7.58. The van der Waals surface area contributed by atoms with Crippen LogP contribution >= 0.6 is 0 Å². The number of nitriles is 1. The molecule has 146 valence electrons. The molecule has 0 N–H and O–H groups in total. The zero-order valence-corrected chi connectivity index (χ0v) is 17.2. The lowest BCUT2D eigenvalue weighted by molar-refractivity contribution is 0.246. The summed E-state index contributed by atoms with van der Waals surface area (Å²) in [7, 11) is 0. The van der Waals surface area contributed by atoms with Crippen molar-refractivity contribution in [1.29, 1.82) is 5.26 Å². The van der Waals surface area contributed by atoms with Gasteiger partial charge in [-0.2, -0.15) is 5.26 Å². The number of allylic oxidation sites excluding steroid dienone is 2. The molecular weight excluding hydrogens is 326 g/mol. The van der Waals surface area contributed by atoms with Crippen molar-refractivity contribution in [3.05, 3.63) is 47.5 Å². The van der Waals surface area contributed by atoms with Crippen LogP contribution in [0.5, 0.6) is 0 Å². The maximum absolute atomic E-state index is 8.67. The SMILES string of the molecule is CCCc1ccc([C@H]2CC[C@H](CC[C@H]3CC[C@H](/C=C/C#N)CC3)CC2)cc1. The molecule has 0 saturated heterocycles. The number of aryl methyl sites for hydroxylation is 1. The van der Waals surface area contributed by atoms with E-state index in [-0.39, 0.29) is 0 Å². The Bertz CT molecular complexity index is 605. The van der Waals surface area contributed by atoms with E-state index in [0.29, 0.717) is 5.92 Å². The van der Waals surface area contributed by atoms with Crippen molar-refractivity contribution in [3.63, 3.8) is 0 Å². The highest BCUT2D eigenvalue weighted by molar-refractivity contribution is 5.25. The molecule has 1 aromatic rings. The van der Waals surface area contributed by atoms with Gasteiger partial charge in [-0.05, 0) is 92.6 Å². The maximum Gasteiger partial charge on any atom is 0.0908 e. The van der Waals surface area contributed by atoms with E-state index in [1.807, 2.05) is 0 Å². The van der Waals surface area contributed by atoms with E-state index in [1.54, 1.807) is 11.6 Å². The molecule has 0 aromatic heterocycles. The fraction of sp³-hybridized carbons (Fsp3) is 0.654. The molecule has 0 heterocycles. The van der Waals surface area contributed by atoms with E-state index < -0.39 is 0 Å². The molecule has 0 radical (unpaired) electrons. The highest BCUT2D eigenvalue weighted by Crippen LogP contribution is 2.40. The first-order valence-electron chi connectivity index (χ1n) is 11.4. The first kappa shape index (κ1) is 20.2. The van der Waals surface area contributed by atoms with Crippen LogP contribution in [0.25, 0.3) is 0 Å². The molecule has 1 nitrogen and oxygen atoms in total. The standard InChI is InChI=1S/C26H37N/c1-2-4-21-12-16-25(17-13-21)26-18-14-24(15-19-26)11-10-23-8-6-22(7-9-23)5-3-20-27/h3,5,12-13,16-17,22-24,26H,2,4,6-11,14-15,18-19H2,1H3/b5-3+/t22-,23-,24-,26-. The van der Waals surface area contributed by atoms with Crippen molar-refractivity contribution in [2.24, 2.45) is 17.8 Å². The molecule has 0 amide bonds. The zero-order chi connectivity index (χ0) is 18.9. The molecule has 2 fully saturated rings. The molecule has 0 atom stereocenters. The topological polar surface area (TPSA) is 23.8 Å². The van der Waals surface area contributed by atoms with Crippen molar-refractivity contribution in [3.8, 4) is 6.07 Å². The van der Waals surface area contributed by atoms with E-state index in [0.717, 1.165) is 17.8 Å². The van der Waals surface area contributed by atoms with Crippen LogP contribution in [-0.2, 0) is 6.42 Å². The Morgan fingerprint density at radius 1 is 0.889 bits per heavy atom. The van der Waals surface area contributed by atoms with Crippen LogP contribution in [0.4, 0.5) is 0 Å². The minimum Gasteiger partial charge on any atom is -0.193 e. The molecule has 27 heavy (non-hydrogen) atoms. The number of hydrogen-bond donors (Lipinski definition) is 0. The Morgan fingerprint density at radius 2 is 1.48 bits per heavy atom. The van der Waals surface area contributed by atoms with Gasteiger partial charge in [0.15, 0.2) is 0 Å². The van der Waals surface area contributed by atoms with Gasteiger partial charge >= 0.3 is 0 Å². The Hall–Kier alpha value is -1.55. The van der Waals surface area contributed by atoms with Crippen molar-refractivity contribution < 1.29 is 0 Å². The number of benzene rings is 1. The third kappa shape index (κ3) is 6.24. The van der Waals surface area contributed by atoms with Gasteiger partial charge in [-0.3, -0.25) is 0 Å². The third-order valence-corrected chi connectivity index (χ3v) is 7.15. The molecule has 2 saturated carbocycles. The van der Waals surface area contributed by atoms with Gasteiger partial charge in [0, 0.05) is 6.08 Å². The van der Waals surface area contributed by atoms with E-state index >= 15 is 0 Å². The Morgan fingerprint density at radius 3 is 2.04 bits per heavy atom. The van der Waals surface area contributed by atoms with Gasteiger partial charge in [0.1, 0.15) is 0 Å². The monoisotopic (exact) mass is 363 g/mol. The molecule has 0 bridgehead atoms. The van der Waals surface area contributed by atoms with Crippen molar-refractivity contribution in [1.82, 2.24) is 0 Å². The van der Waals surface area contributed by atoms with Gasteiger partial charge in [0.05, 0.1) is 6.07 Å². The van der Waals surface area contributed by atoms with Crippen LogP contribution in [0.3, 0.4) is 0 Å². The number of nitrogens with zero attached hydrogens (tertiary/aromatic N) is 1. The lowest BCUT2D eigenvalue weighted by atomic mass is 9.74. The van der Waals surface area contributed by atoms with Crippen molar-refractivity contribution in [2.45, 2.75) is 89.9 Å². The Balaban J connectivity index is 1.35. The summed E-state index contributed by atoms with van der Waals surface area (Å²) in [5.41, 5.74) is 3.07. The van der Waals surface area contributed by atoms with Gasteiger partial charge in [-0.25, -0.2) is 0 Å². The van der Waals surface area contributed by atoms with Gasteiger partial charge in [0.25, 0.3) is 0 Å². The van der Waals surface area contributed by atoms with Gasteiger partial charge < -0.3 is 0 Å². The zero-order valence-electron chi connectivity index (χ0n) is 17.2. The molecule has 0 unspecified atom stereocenters. The predicted molar refractivity (Wildman–Crippen MR) is 115 cm³/mol. The van der Waals surface area contributed by atoms with Crippen LogP contribution in [0.2, 0.25) is 0 Å². The first-order valence-corrected chi connectivity index (χ1v) is 11.4. The molecule has 2 aliphatic carbocycles. The second kappa shape index (κ2) is 10.7. The smallest absolute Gasteiger partial charge is 0.0908 e. The fourth-order valence-corrected chi connectivity index (χ4v) is 5.35. The quantitative estimate of drug-likeness (QED) is 0.458. The first-order chi connectivity index (χ1) is 13.3. The highest BCUT2D eigenvalue weighted by atomic mass is 14.3. The molecule has 1 aromatic carbocycles. The molecule has 2 aliphatic rings. The normalized spacial score (nSPS) is 28.9. The second-order valence-corrected chi connectivity index (χ2v) is 9.06. The fourth-order valence-electron chi connectivity index (χ4n) is 5.35. The average molecular weight is 364 g/mol. The van der Waals surface area contributed by atoms with Gasteiger partial charge in [-0.15, -0.1) is 0 Å². The van der Waals surface area contributed by atoms with E-state index in [4.69, 9.17) is 5.26 Å². The summed E-state index contributed by atoms with van der Waals surface area (Å²) >= 11 is 0. The molecule has 3 rings (SSSR count). The lowest BCUT2D eigenvalue weighted by Crippen LogP contribution is -2.17. The number of hydrogen-bond acceptors (Lipinski definition) is 1. The summed E-state index contributed by atoms with van der Waals surface area (Å²) in [4.78, 5) is 0. The molecular formula is C26H37N. The van der Waals surface area contributed by atoms with Gasteiger partial charge in [0.2, 0.25) is 0 Å². The van der Waals surface area contributed by atoms with Crippen LogP contribution in [-0.4, -0.2) is 0 Å². The Labute approximate surface area is 166 Å². The van der Waals surface area contributed by atoms with Crippen LogP contribution in [0.15, 0.2) is 36.4 Å². The summed E-state index contributed by atoms with van der Waals surface area (Å²) in [6, 6.07) is 11.6. The van der Waals surface area contributed by atoms with Crippen LogP contribution < -0.4 is 0 Å². The molecule has 0 spiro atoms. The highest BCUT2D eigenvalue weighted by Gasteiger charge is 2.24. The van der Waals surface area contributed by atoms with Crippen molar-refractivity contribution in [2.75, 3.05) is 0 Å². The minimum absolute atomic E-state index is 0.667. The lowest BCUT2D eigenvalue weighted by Gasteiger charge is -2.31. The van der Waals surface area contributed by atoms with E-state index in [2.05, 4.69) is 43.3 Å². The number of rotatable bonds is 7. The summed E-state index contributed by atoms with van der Waals surface area (Å²) in [6.45, 7) is 2.26. The summed E-state index contributed by atoms with van der Waals surface area (Å²) in [6.07, 6.45) is 20.1. The van der Waals surface area contributed by atoms with Crippen molar-refractivity contribution >= 4 is 0 Å². The van der Waals surface area contributed by atoms with E-state index in [1.165, 1.54) is 82.6 Å². The average Bonchev–Trinajstić information content (AvgIpc) is 2.73. The summed E-state index contributed by atoms with van der Waals surface area (Å²) in [5.74, 6) is 3.39. The van der Waals surface area contributed by atoms with E-state index in [9.17, 15) is 0 Å². The second-order valence-electron chi connectivity index (χ2n) is 9.06. The largest absolute Gasteiger partial charge is 0.193 e. The summed E-state index contributed by atoms with van der Waals surface area (Å²) in [5, 5.41) is 8.67. The summed E-state index contributed by atoms with van der Waals surface area (Å²) < 4.78 is 0. The van der Waals surface area contributed by atoms with Crippen LogP contribution in [0, 0.1) is 29.1 Å². The Kier molecular flexibility index (Phi) is 8.00. The van der Waals surface area contributed by atoms with Crippen LogP contribution in [0.1, 0.15) is 94.6 Å². The third-order valence-electron chi connectivity index (χ3n) is 7.15. The molecule has 0 aliphatic heterocycles. The molecule has 1 heteroatoms. The minimum atomic E-state index is 0.667.